The van der Waals surface area contributed by atoms with Crippen LogP contribution in [0.3, 0.4) is 0 Å². The van der Waals surface area contributed by atoms with E-state index in [1.54, 1.807) is 12.3 Å². The summed E-state index contributed by atoms with van der Waals surface area (Å²) in [6.45, 7) is 0. The molecule has 2 aromatic heterocycles. The second kappa shape index (κ2) is 8.25. The minimum atomic E-state index is -0.488. The molecule has 3 aromatic rings. The lowest BCUT2D eigenvalue weighted by Crippen LogP contribution is -2.45. The van der Waals surface area contributed by atoms with Crippen molar-refractivity contribution in [3.05, 3.63) is 70.6 Å². The predicted octanol–water partition coefficient (Wildman–Crippen LogP) is 3.91. The molecule has 0 spiro atoms. The van der Waals surface area contributed by atoms with Gasteiger partial charge < -0.3 is 10.4 Å². The molecule has 0 aliphatic heterocycles. The Morgan fingerprint density at radius 1 is 1.18 bits per heavy atom. The molecular weight excluding hydrogens is 374 g/mol. The highest BCUT2D eigenvalue weighted by Gasteiger charge is 2.25. The van der Waals surface area contributed by atoms with E-state index in [0.29, 0.717) is 17.3 Å². The topological polar surface area (TPSA) is 75.1 Å². The molecule has 1 amide bonds. The summed E-state index contributed by atoms with van der Waals surface area (Å²) in [6, 6.07) is 13.1. The van der Waals surface area contributed by atoms with E-state index in [1.807, 2.05) is 36.4 Å². The van der Waals surface area contributed by atoms with Gasteiger partial charge in [-0.3, -0.25) is 4.79 Å². The van der Waals surface area contributed by atoms with Gasteiger partial charge in [-0.1, -0.05) is 48.7 Å². The fraction of sp³-hybridized carbons (Fsp3) is 0.318. The summed E-state index contributed by atoms with van der Waals surface area (Å²) in [6.07, 6.45) is 5.42. The van der Waals surface area contributed by atoms with Gasteiger partial charge in [-0.25, -0.2) is 9.97 Å². The molecular formula is C22H22ClN3O2. The van der Waals surface area contributed by atoms with Crippen molar-refractivity contribution in [3.63, 3.8) is 0 Å². The summed E-state index contributed by atoms with van der Waals surface area (Å²) in [7, 11) is 0. The Hall–Kier alpha value is -2.50. The molecule has 1 aliphatic carbocycles. The van der Waals surface area contributed by atoms with Crippen LogP contribution in [0, 0.1) is 0 Å². The summed E-state index contributed by atoms with van der Waals surface area (Å²) in [4.78, 5) is 21.5. The van der Waals surface area contributed by atoms with Crippen LogP contribution in [0.25, 0.3) is 10.9 Å². The van der Waals surface area contributed by atoms with Crippen LogP contribution in [0.15, 0.2) is 48.7 Å². The van der Waals surface area contributed by atoms with Crippen LogP contribution < -0.4 is 5.32 Å². The monoisotopic (exact) mass is 395 g/mol. The third-order valence-electron chi connectivity index (χ3n) is 5.26. The molecule has 144 valence electrons. The van der Waals surface area contributed by atoms with Crippen LogP contribution in [0.1, 0.15) is 47.3 Å². The molecule has 6 heteroatoms. The van der Waals surface area contributed by atoms with E-state index in [4.69, 9.17) is 11.6 Å². The van der Waals surface area contributed by atoms with Crippen LogP contribution in [0.4, 0.5) is 0 Å². The minimum absolute atomic E-state index is 0.210. The Morgan fingerprint density at radius 3 is 2.79 bits per heavy atom. The number of aliphatic hydroxyl groups excluding tert-OH is 1. The van der Waals surface area contributed by atoms with Gasteiger partial charge in [0, 0.05) is 11.6 Å². The van der Waals surface area contributed by atoms with Crippen molar-refractivity contribution in [2.75, 3.05) is 0 Å². The molecule has 2 N–H and O–H groups in total. The third-order valence-corrected chi connectivity index (χ3v) is 5.49. The number of rotatable bonds is 4. The third kappa shape index (κ3) is 4.16. The zero-order valence-corrected chi connectivity index (χ0v) is 16.2. The lowest BCUT2D eigenvalue weighted by Gasteiger charge is -2.28. The van der Waals surface area contributed by atoms with Gasteiger partial charge in [-0.2, -0.15) is 0 Å². The van der Waals surface area contributed by atoms with Gasteiger partial charge in [0.2, 0.25) is 0 Å². The standard InChI is InChI=1S/C22H22ClN3O2/c23-21-10-9-14(13-24-21)11-15-12-19(25-17-6-2-1-5-16(15)17)22(28)26-18-7-3-4-8-20(18)27/h1-2,5-6,9-10,12-13,18,20,27H,3-4,7-8,11H2,(H,26,28)/t18-,20-/m1/s1. The molecule has 1 aliphatic rings. The SMILES string of the molecule is O=C(N[C@@H]1CCCC[C@H]1O)c1cc(Cc2ccc(Cl)nc2)c2ccccc2n1. The van der Waals surface area contributed by atoms with Gasteiger partial charge in [-0.05, 0) is 48.6 Å². The van der Waals surface area contributed by atoms with Gasteiger partial charge >= 0.3 is 0 Å². The molecule has 0 radical (unpaired) electrons. The molecule has 28 heavy (non-hydrogen) atoms. The van der Waals surface area contributed by atoms with Crippen molar-refractivity contribution in [2.45, 2.75) is 44.2 Å². The lowest BCUT2D eigenvalue weighted by molar-refractivity contribution is 0.0714. The highest BCUT2D eigenvalue weighted by Crippen LogP contribution is 2.23. The van der Waals surface area contributed by atoms with Gasteiger partial charge in [0.15, 0.2) is 0 Å². The number of hydrogen-bond acceptors (Lipinski definition) is 4. The fourth-order valence-corrected chi connectivity index (χ4v) is 3.87. The zero-order chi connectivity index (χ0) is 19.5. The van der Waals surface area contributed by atoms with Crippen molar-refractivity contribution in [1.82, 2.24) is 15.3 Å². The molecule has 0 bridgehead atoms. The summed E-state index contributed by atoms with van der Waals surface area (Å²) < 4.78 is 0. The zero-order valence-electron chi connectivity index (χ0n) is 15.4. The summed E-state index contributed by atoms with van der Waals surface area (Å²) in [5, 5.41) is 14.6. The Kier molecular flexibility index (Phi) is 5.55. The first kappa shape index (κ1) is 18.8. The average Bonchev–Trinajstić information content (AvgIpc) is 2.71. The number of nitrogens with one attached hydrogen (secondary N) is 1. The molecule has 1 aromatic carbocycles. The Bertz CT molecular complexity index is 991. The average molecular weight is 396 g/mol. The summed E-state index contributed by atoms with van der Waals surface area (Å²) in [5.74, 6) is -0.243. The highest BCUT2D eigenvalue weighted by molar-refractivity contribution is 6.29. The first-order valence-electron chi connectivity index (χ1n) is 9.58. The van der Waals surface area contributed by atoms with E-state index in [2.05, 4.69) is 15.3 Å². The van der Waals surface area contributed by atoms with E-state index in [9.17, 15) is 9.90 Å². The summed E-state index contributed by atoms with van der Waals surface area (Å²) >= 11 is 5.89. The number of hydrogen-bond donors (Lipinski definition) is 2. The molecule has 1 fully saturated rings. The second-order valence-corrected chi connectivity index (χ2v) is 7.67. The number of amides is 1. The number of nitrogens with zero attached hydrogens (tertiary/aromatic N) is 2. The maximum Gasteiger partial charge on any atom is 0.270 e. The number of aliphatic hydroxyl groups is 1. The molecule has 4 rings (SSSR count). The Morgan fingerprint density at radius 2 is 2.00 bits per heavy atom. The maximum absolute atomic E-state index is 12.8. The number of carbonyl (C=O) groups excluding carboxylic acids is 1. The number of carbonyl (C=O) groups is 1. The van der Waals surface area contributed by atoms with E-state index in [1.165, 1.54) is 0 Å². The van der Waals surface area contributed by atoms with Crippen molar-refractivity contribution in [2.24, 2.45) is 0 Å². The van der Waals surface area contributed by atoms with Crippen LogP contribution in [0.5, 0.6) is 0 Å². The highest BCUT2D eigenvalue weighted by atomic mass is 35.5. The molecule has 0 saturated heterocycles. The minimum Gasteiger partial charge on any atom is -0.391 e. The van der Waals surface area contributed by atoms with Gasteiger partial charge in [0.05, 0.1) is 17.7 Å². The first-order chi connectivity index (χ1) is 13.6. The van der Waals surface area contributed by atoms with E-state index in [-0.39, 0.29) is 11.9 Å². The smallest absolute Gasteiger partial charge is 0.270 e. The molecule has 5 nitrogen and oxygen atoms in total. The Labute approximate surface area is 168 Å². The maximum atomic E-state index is 12.8. The number of benzene rings is 1. The molecule has 2 heterocycles. The van der Waals surface area contributed by atoms with Crippen molar-refractivity contribution in [1.29, 1.82) is 0 Å². The number of fused-ring (bicyclic) bond motifs is 1. The Balaban J connectivity index is 1.65. The quantitative estimate of drug-likeness (QED) is 0.657. The normalized spacial score (nSPS) is 19.5. The first-order valence-corrected chi connectivity index (χ1v) is 9.96. The molecule has 1 saturated carbocycles. The van der Waals surface area contributed by atoms with E-state index >= 15 is 0 Å². The van der Waals surface area contributed by atoms with Crippen LogP contribution in [0.2, 0.25) is 5.15 Å². The van der Waals surface area contributed by atoms with Gasteiger partial charge in [0.1, 0.15) is 10.8 Å². The van der Waals surface area contributed by atoms with Gasteiger partial charge in [-0.15, -0.1) is 0 Å². The van der Waals surface area contributed by atoms with E-state index in [0.717, 1.165) is 47.7 Å². The summed E-state index contributed by atoms with van der Waals surface area (Å²) in [5.41, 5.74) is 3.16. The van der Waals surface area contributed by atoms with Crippen molar-refractivity contribution in [3.8, 4) is 0 Å². The number of para-hydroxylation sites is 1. The number of aromatic nitrogens is 2. The van der Waals surface area contributed by atoms with Crippen LogP contribution >= 0.6 is 11.6 Å². The number of pyridine rings is 2. The van der Waals surface area contributed by atoms with Crippen molar-refractivity contribution >= 4 is 28.4 Å². The fourth-order valence-electron chi connectivity index (χ4n) is 3.76. The van der Waals surface area contributed by atoms with Crippen LogP contribution in [-0.4, -0.2) is 33.1 Å². The largest absolute Gasteiger partial charge is 0.391 e. The molecule has 0 unspecified atom stereocenters. The lowest BCUT2D eigenvalue weighted by atomic mass is 9.92. The number of halogens is 1. The van der Waals surface area contributed by atoms with Crippen LogP contribution in [-0.2, 0) is 6.42 Å². The second-order valence-electron chi connectivity index (χ2n) is 7.28. The van der Waals surface area contributed by atoms with Crippen molar-refractivity contribution < 1.29 is 9.90 Å². The van der Waals surface area contributed by atoms with Gasteiger partial charge in [0.25, 0.3) is 5.91 Å². The predicted molar refractivity (Wildman–Crippen MR) is 110 cm³/mol. The molecule has 2 atom stereocenters. The van der Waals surface area contributed by atoms with E-state index < -0.39 is 6.10 Å².